The Kier molecular flexibility index (Phi) is 4.69. The second kappa shape index (κ2) is 6.92. The standard InChI is InChI=1S/C17H13F3O5/c18-17(19,20)12-3-1-2-4-13(12)24-10-16(21)25-11-5-6-14-15(9-11)23-8-7-22-14/h1-6,9H,7-8,10H2. The molecule has 1 heterocycles. The van der Waals surface area contributed by atoms with Crippen molar-refractivity contribution in [3.05, 3.63) is 48.0 Å². The lowest BCUT2D eigenvalue weighted by Crippen LogP contribution is -2.20. The number of hydrogen-bond donors (Lipinski definition) is 0. The molecule has 0 atom stereocenters. The van der Waals surface area contributed by atoms with Crippen LogP contribution in [0.2, 0.25) is 0 Å². The highest BCUT2D eigenvalue weighted by Crippen LogP contribution is 2.36. The first-order valence-corrected chi connectivity index (χ1v) is 7.33. The van der Waals surface area contributed by atoms with Gasteiger partial charge >= 0.3 is 12.1 Å². The van der Waals surface area contributed by atoms with Crippen LogP contribution in [0.1, 0.15) is 5.56 Å². The van der Waals surface area contributed by atoms with Crippen LogP contribution in [0.3, 0.4) is 0 Å². The summed E-state index contributed by atoms with van der Waals surface area (Å²) >= 11 is 0. The molecule has 0 N–H and O–H groups in total. The van der Waals surface area contributed by atoms with E-state index in [0.29, 0.717) is 24.7 Å². The number of halogens is 3. The molecule has 0 aromatic heterocycles. The number of benzene rings is 2. The zero-order valence-corrected chi connectivity index (χ0v) is 12.8. The Morgan fingerprint density at radius 2 is 1.76 bits per heavy atom. The Labute approximate surface area is 140 Å². The van der Waals surface area contributed by atoms with Crippen LogP contribution in [-0.4, -0.2) is 25.8 Å². The van der Waals surface area contributed by atoms with Crippen LogP contribution in [0, 0.1) is 0 Å². The van der Waals surface area contributed by atoms with Crippen molar-refractivity contribution in [1.29, 1.82) is 0 Å². The van der Waals surface area contributed by atoms with Gasteiger partial charge in [0.1, 0.15) is 24.7 Å². The normalized spacial score (nSPS) is 13.2. The smallest absolute Gasteiger partial charge is 0.419 e. The Morgan fingerprint density at radius 1 is 1.04 bits per heavy atom. The molecule has 2 aromatic rings. The zero-order chi connectivity index (χ0) is 17.9. The molecular formula is C17H13F3O5. The fourth-order valence-corrected chi connectivity index (χ4v) is 2.21. The van der Waals surface area contributed by atoms with Gasteiger partial charge in [0.05, 0.1) is 5.56 Å². The Balaban J connectivity index is 1.62. The molecular weight excluding hydrogens is 341 g/mol. The van der Waals surface area contributed by atoms with Crippen molar-refractivity contribution in [2.24, 2.45) is 0 Å². The molecule has 0 saturated heterocycles. The first kappa shape index (κ1) is 16.9. The largest absolute Gasteiger partial charge is 0.486 e. The summed E-state index contributed by atoms with van der Waals surface area (Å²) in [5, 5.41) is 0. The van der Waals surface area contributed by atoms with E-state index >= 15 is 0 Å². The minimum Gasteiger partial charge on any atom is -0.486 e. The second-order valence-corrected chi connectivity index (χ2v) is 5.06. The van der Waals surface area contributed by atoms with Crippen molar-refractivity contribution >= 4 is 5.97 Å². The van der Waals surface area contributed by atoms with Crippen molar-refractivity contribution in [2.75, 3.05) is 19.8 Å². The summed E-state index contributed by atoms with van der Waals surface area (Å²) in [4.78, 5) is 11.8. The van der Waals surface area contributed by atoms with Crippen LogP contribution in [0.25, 0.3) is 0 Å². The number of rotatable bonds is 4. The van der Waals surface area contributed by atoms with Crippen LogP contribution < -0.4 is 18.9 Å². The predicted octanol–water partition coefficient (Wildman–Crippen LogP) is 3.46. The molecule has 0 fully saturated rings. The maximum absolute atomic E-state index is 12.9. The quantitative estimate of drug-likeness (QED) is 0.622. The highest BCUT2D eigenvalue weighted by molar-refractivity contribution is 5.74. The number of carbonyl (C=O) groups excluding carboxylic acids is 1. The minimum atomic E-state index is -4.57. The second-order valence-electron chi connectivity index (χ2n) is 5.06. The molecule has 0 bridgehead atoms. The zero-order valence-electron chi connectivity index (χ0n) is 12.8. The maximum atomic E-state index is 12.9. The highest BCUT2D eigenvalue weighted by Gasteiger charge is 2.34. The Bertz CT molecular complexity index is 773. The van der Waals surface area contributed by atoms with Gasteiger partial charge in [-0.2, -0.15) is 13.2 Å². The molecule has 132 valence electrons. The van der Waals surface area contributed by atoms with Gasteiger partial charge in [-0.3, -0.25) is 0 Å². The van der Waals surface area contributed by atoms with E-state index in [1.165, 1.54) is 24.3 Å². The molecule has 0 radical (unpaired) electrons. The summed E-state index contributed by atoms with van der Waals surface area (Å²) in [6.07, 6.45) is -4.57. The number of alkyl halides is 3. The maximum Gasteiger partial charge on any atom is 0.419 e. The Morgan fingerprint density at radius 3 is 2.52 bits per heavy atom. The van der Waals surface area contributed by atoms with Gasteiger partial charge in [-0.25, -0.2) is 4.79 Å². The summed E-state index contributed by atoms with van der Waals surface area (Å²) in [6, 6.07) is 9.18. The highest BCUT2D eigenvalue weighted by atomic mass is 19.4. The van der Waals surface area contributed by atoms with Crippen molar-refractivity contribution in [2.45, 2.75) is 6.18 Å². The molecule has 0 aliphatic carbocycles. The van der Waals surface area contributed by atoms with Gasteiger partial charge in [0.2, 0.25) is 0 Å². The molecule has 8 heteroatoms. The topological polar surface area (TPSA) is 54.0 Å². The van der Waals surface area contributed by atoms with Crippen LogP contribution >= 0.6 is 0 Å². The van der Waals surface area contributed by atoms with E-state index in [4.69, 9.17) is 18.9 Å². The molecule has 0 spiro atoms. The first-order valence-electron chi connectivity index (χ1n) is 7.33. The monoisotopic (exact) mass is 354 g/mol. The molecule has 1 aliphatic rings. The average Bonchev–Trinajstić information content (AvgIpc) is 2.59. The summed E-state index contributed by atoms with van der Waals surface area (Å²) in [7, 11) is 0. The Hall–Kier alpha value is -2.90. The van der Waals surface area contributed by atoms with E-state index in [1.54, 1.807) is 6.07 Å². The molecule has 0 saturated carbocycles. The molecule has 1 aliphatic heterocycles. The molecule has 0 amide bonds. The third-order valence-electron chi connectivity index (χ3n) is 3.28. The lowest BCUT2D eigenvalue weighted by Gasteiger charge is -2.18. The number of para-hydroxylation sites is 1. The van der Waals surface area contributed by atoms with Crippen LogP contribution in [0.4, 0.5) is 13.2 Å². The van der Waals surface area contributed by atoms with Crippen molar-refractivity contribution < 1.29 is 36.9 Å². The third-order valence-corrected chi connectivity index (χ3v) is 3.28. The summed E-state index contributed by atoms with van der Waals surface area (Å²) in [6.45, 7) is 0.141. The van der Waals surface area contributed by atoms with Gasteiger partial charge in [0.15, 0.2) is 18.1 Å². The molecule has 0 unspecified atom stereocenters. The van der Waals surface area contributed by atoms with Crippen LogP contribution in [-0.2, 0) is 11.0 Å². The van der Waals surface area contributed by atoms with E-state index in [2.05, 4.69) is 0 Å². The lowest BCUT2D eigenvalue weighted by atomic mass is 10.2. The fourth-order valence-electron chi connectivity index (χ4n) is 2.21. The molecule has 3 rings (SSSR count). The number of hydrogen-bond acceptors (Lipinski definition) is 5. The summed E-state index contributed by atoms with van der Waals surface area (Å²) in [5.74, 6) is -0.133. The molecule has 5 nitrogen and oxygen atoms in total. The van der Waals surface area contributed by atoms with Gasteiger partial charge < -0.3 is 18.9 Å². The van der Waals surface area contributed by atoms with E-state index in [1.807, 2.05) is 0 Å². The van der Waals surface area contributed by atoms with E-state index in [0.717, 1.165) is 12.1 Å². The summed E-state index contributed by atoms with van der Waals surface area (Å²) < 4.78 is 59.3. The van der Waals surface area contributed by atoms with Gasteiger partial charge in [0, 0.05) is 6.07 Å². The summed E-state index contributed by atoms with van der Waals surface area (Å²) in [5.41, 5.74) is -0.956. The third kappa shape index (κ3) is 4.14. The van der Waals surface area contributed by atoms with E-state index < -0.39 is 30.1 Å². The molecule has 2 aromatic carbocycles. The van der Waals surface area contributed by atoms with Gasteiger partial charge in [-0.1, -0.05) is 12.1 Å². The van der Waals surface area contributed by atoms with E-state index in [9.17, 15) is 18.0 Å². The number of ether oxygens (including phenoxy) is 4. The predicted molar refractivity (Wildman–Crippen MR) is 80.0 cm³/mol. The number of fused-ring (bicyclic) bond motifs is 1. The average molecular weight is 354 g/mol. The number of esters is 1. The van der Waals surface area contributed by atoms with E-state index in [-0.39, 0.29) is 5.75 Å². The van der Waals surface area contributed by atoms with Crippen LogP contribution in [0.5, 0.6) is 23.0 Å². The SMILES string of the molecule is O=C(COc1ccccc1C(F)(F)F)Oc1ccc2c(c1)OCCO2. The lowest BCUT2D eigenvalue weighted by molar-refractivity contribution is -0.142. The molecule has 25 heavy (non-hydrogen) atoms. The minimum absolute atomic E-state index is 0.182. The number of carbonyl (C=O) groups is 1. The van der Waals surface area contributed by atoms with Crippen molar-refractivity contribution in [3.63, 3.8) is 0 Å². The van der Waals surface area contributed by atoms with Gasteiger partial charge in [-0.05, 0) is 24.3 Å². The van der Waals surface area contributed by atoms with Gasteiger partial charge in [0.25, 0.3) is 0 Å². The van der Waals surface area contributed by atoms with Crippen LogP contribution in [0.15, 0.2) is 42.5 Å². The van der Waals surface area contributed by atoms with Crippen molar-refractivity contribution in [3.8, 4) is 23.0 Å². The first-order chi connectivity index (χ1) is 11.9. The van der Waals surface area contributed by atoms with Crippen molar-refractivity contribution in [1.82, 2.24) is 0 Å². The van der Waals surface area contributed by atoms with Gasteiger partial charge in [-0.15, -0.1) is 0 Å². The fraction of sp³-hybridized carbons (Fsp3) is 0.235.